The van der Waals surface area contributed by atoms with Gasteiger partial charge in [0.15, 0.2) is 0 Å². The lowest BCUT2D eigenvalue weighted by Crippen LogP contribution is -2.18. The smallest absolute Gasteiger partial charge is 0.141 e. The average molecular weight is 142 g/mol. The predicted molar refractivity (Wildman–Crippen MR) is 42.6 cm³/mol. The summed E-state index contributed by atoms with van der Waals surface area (Å²) in [5.41, 5.74) is 5.45. The van der Waals surface area contributed by atoms with Crippen LogP contribution in [0.2, 0.25) is 0 Å². The summed E-state index contributed by atoms with van der Waals surface area (Å²) in [6.45, 7) is 7.79. The fraction of sp³-hybridized carbons (Fsp3) is 0.571. The van der Waals surface area contributed by atoms with Crippen molar-refractivity contribution >= 4 is 5.84 Å². The minimum atomic E-state index is 0.241. The van der Waals surface area contributed by atoms with Gasteiger partial charge in [0.25, 0.3) is 0 Å². The standard InChI is InChI=1S/C7H14N2O/c1-4-5-10-9-7(8)6(2)3/h4,6H,1,5H2,2-3H3,(H2,8,9). The van der Waals surface area contributed by atoms with Crippen molar-refractivity contribution in [3.63, 3.8) is 0 Å². The Kier molecular flexibility index (Phi) is 4.37. The molecule has 0 aliphatic carbocycles. The van der Waals surface area contributed by atoms with Crippen LogP contribution in [0.15, 0.2) is 17.8 Å². The lowest BCUT2D eigenvalue weighted by molar-refractivity contribution is 0.172. The van der Waals surface area contributed by atoms with E-state index >= 15 is 0 Å². The van der Waals surface area contributed by atoms with Crippen LogP contribution < -0.4 is 5.73 Å². The Bertz CT molecular complexity index is 130. The number of amidine groups is 1. The van der Waals surface area contributed by atoms with E-state index in [9.17, 15) is 0 Å². The van der Waals surface area contributed by atoms with Crippen LogP contribution in [-0.2, 0) is 4.84 Å². The second-order valence-corrected chi connectivity index (χ2v) is 2.26. The second kappa shape index (κ2) is 4.85. The zero-order valence-corrected chi connectivity index (χ0v) is 6.50. The van der Waals surface area contributed by atoms with Crippen LogP contribution >= 0.6 is 0 Å². The Hall–Kier alpha value is -0.990. The highest BCUT2D eigenvalue weighted by molar-refractivity contribution is 5.81. The number of oxime groups is 1. The zero-order valence-electron chi connectivity index (χ0n) is 6.50. The molecule has 0 aromatic heterocycles. The van der Waals surface area contributed by atoms with Crippen molar-refractivity contribution < 1.29 is 4.84 Å². The number of hydrogen-bond acceptors (Lipinski definition) is 2. The first kappa shape index (κ1) is 9.01. The van der Waals surface area contributed by atoms with E-state index in [0.717, 1.165) is 0 Å². The molecule has 0 unspecified atom stereocenters. The maximum Gasteiger partial charge on any atom is 0.141 e. The van der Waals surface area contributed by atoms with E-state index < -0.39 is 0 Å². The van der Waals surface area contributed by atoms with Gasteiger partial charge < -0.3 is 10.6 Å². The molecule has 0 amide bonds. The van der Waals surface area contributed by atoms with E-state index in [-0.39, 0.29) is 5.92 Å². The molecular formula is C7H14N2O. The molecule has 0 radical (unpaired) electrons. The van der Waals surface area contributed by atoms with Gasteiger partial charge in [0, 0.05) is 5.92 Å². The third-order valence-corrected chi connectivity index (χ3v) is 0.954. The van der Waals surface area contributed by atoms with Gasteiger partial charge in [0.2, 0.25) is 0 Å². The molecular weight excluding hydrogens is 128 g/mol. The normalized spacial score (nSPS) is 11.7. The SMILES string of the molecule is C=CCO/N=C(\N)C(C)C. The van der Waals surface area contributed by atoms with Gasteiger partial charge >= 0.3 is 0 Å². The van der Waals surface area contributed by atoms with E-state index in [1.54, 1.807) is 6.08 Å². The third-order valence-electron chi connectivity index (χ3n) is 0.954. The highest BCUT2D eigenvalue weighted by Crippen LogP contribution is 1.91. The Balaban J connectivity index is 3.57. The largest absolute Gasteiger partial charge is 0.390 e. The van der Waals surface area contributed by atoms with Crippen LogP contribution in [0.4, 0.5) is 0 Å². The van der Waals surface area contributed by atoms with Crippen LogP contribution in [0.3, 0.4) is 0 Å². The molecule has 0 saturated heterocycles. The summed E-state index contributed by atoms with van der Waals surface area (Å²) in [7, 11) is 0. The predicted octanol–water partition coefficient (Wildman–Crippen LogP) is 1.12. The van der Waals surface area contributed by atoms with E-state index in [1.165, 1.54) is 0 Å². The summed E-state index contributed by atoms with van der Waals surface area (Å²) in [5, 5.41) is 3.64. The molecule has 2 N–H and O–H groups in total. The molecule has 0 spiro atoms. The van der Waals surface area contributed by atoms with Crippen LogP contribution in [0.25, 0.3) is 0 Å². The fourth-order valence-corrected chi connectivity index (χ4v) is 0.270. The van der Waals surface area contributed by atoms with Gasteiger partial charge in [-0.05, 0) is 0 Å². The minimum Gasteiger partial charge on any atom is -0.390 e. The second-order valence-electron chi connectivity index (χ2n) is 2.26. The topological polar surface area (TPSA) is 47.6 Å². The molecule has 0 fully saturated rings. The number of hydrogen-bond donors (Lipinski definition) is 1. The first-order valence-electron chi connectivity index (χ1n) is 3.24. The molecule has 0 aliphatic heterocycles. The summed E-state index contributed by atoms with van der Waals surface area (Å²) in [6, 6.07) is 0. The van der Waals surface area contributed by atoms with Gasteiger partial charge in [0.05, 0.1) is 0 Å². The van der Waals surface area contributed by atoms with Crippen molar-refractivity contribution in [2.75, 3.05) is 6.61 Å². The van der Waals surface area contributed by atoms with Gasteiger partial charge in [-0.1, -0.05) is 31.7 Å². The fourth-order valence-electron chi connectivity index (χ4n) is 0.270. The average Bonchev–Trinajstić information content (AvgIpc) is 1.88. The summed E-state index contributed by atoms with van der Waals surface area (Å²) >= 11 is 0. The molecule has 0 bridgehead atoms. The molecule has 0 atom stereocenters. The van der Waals surface area contributed by atoms with Crippen molar-refractivity contribution in [3.8, 4) is 0 Å². The quantitative estimate of drug-likeness (QED) is 0.210. The van der Waals surface area contributed by atoms with Gasteiger partial charge in [-0.15, -0.1) is 0 Å². The Morgan fingerprint density at radius 3 is 2.80 bits per heavy atom. The van der Waals surface area contributed by atoms with E-state index in [1.807, 2.05) is 13.8 Å². The lowest BCUT2D eigenvalue weighted by Gasteiger charge is -2.01. The summed E-state index contributed by atoms with van der Waals surface area (Å²) < 4.78 is 0. The van der Waals surface area contributed by atoms with Gasteiger partial charge in [-0.3, -0.25) is 0 Å². The van der Waals surface area contributed by atoms with Crippen LogP contribution in [-0.4, -0.2) is 12.4 Å². The number of nitrogens with two attached hydrogens (primary N) is 1. The van der Waals surface area contributed by atoms with Gasteiger partial charge in [-0.25, -0.2) is 0 Å². The minimum absolute atomic E-state index is 0.241. The van der Waals surface area contributed by atoms with E-state index in [0.29, 0.717) is 12.4 Å². The van der Waals surface area contributed by atoms with Crippen LogP contribution in [0, 0.1) is 5.92 Å². The third kappa shape index (κ3) is 3.95. The highest BCUT2D eigenvalue weighted by atomic mass is 16.6. The van der Waals surface area contributed by atoms with Gasteiger partial charge in [-0.2, -0.15) is 0 Å². The van der Waals surface area contributed by atoms with Crippen molar-refractivity contribution in [1.29, 1.82) is 0 Å². The first-order chi connectivity index (χ1) is 4.68. The molecule has 0 aliphatic rings. The zero-order chi connectivity index (χ0) is 7.98. The molecule has 0 saturated carbocycles. The summed E-state index contributed by atoms with van der Waals surface area (Å²) in [4.78, 5) is 4.75. The molecule has 0 heterocycles. The Morgan fingerprint density at radius 2 is 2.40 bits per heavy atom. The molecule has 0 aromatic carbocycles. The molecule has 58 valence electrons. The van der Waals surface area contributed by atoms with Crippen LogP contribution in [0.1, 0.15) is 13.8 Å². The first-order valence-corrected chi connectivity index (χ1v) is 3.24. The van der Waals surface area contributed by atoms with Crippen molar-refractivity contribution in [2.24, 2.45) is 16.8 Å². The van der Waals surface area contributed by atoms with E-state index in [2.05, 4.69) is 11.7 Å². The van der Waals surface area contributed by atoms with Crippen LogP contribution in [0.5, 0.6) is 0 Å². The summed E-state index contributed by atoms with van der Waals surface area (Å²) in [6.07, 6.45) is 1.62. The molecule has 0 aromatic rings. The maximum atomic E-state index is 5.45. The molecule has 3 heteroatoms. The summed E-state index contributed by atoms with van der Waals surface area (Å²) in [5.74, 6) is 0.756. The Morgan fingerprint density at radius 1 is 1.80 bits per heavy atom. The molecule has 0 rings (SSSR count). The van der Waals surface area contributed by atoms with Crippen molar-refractivity contribution in [3.05, 3.63) is 12.7 Å². The lowest BCUT2D eigenvalue weighted by atomic mass is 10.2. The van der Waals surface area contributed by atoms with Crippen molar-refractivity contribution in [2.45, 2.75) is 13.8 Å². The van der Waals surface area contributed by atoms with Crippen molar-refractivity contribution in [1.82, 2.24) is 0 Å². The monoisotopic (exact) mass is 142 g/mol. The molecule has 10 heavy (non-hydrogen) atoms. The maximum absolute atomic E-state index is 5.45. The number of nitrogens with zero attached hydrogens (tertiary/aromatic N) is 1. The Labute approximate surface area is 61.5 Å². The van der Waals surface area contributed by atoms with E-state index in [4.69, 9.17) is 10.6 Å². The number of rotatable bonds is 4. The molecule has 3 nitrogen and oxygen atoms in total. The van der Waals surface area contributed by atoms with Gasteiger partial charge in [0.1, 0.15) is 12.4 Å². The highest BCUT2D eigenvalue weighted by Gasteiger charge is 1.97.